The quantitative estimate of drug-likeness (QED) is 0.459. The Morgan fingerprint density at radius 1 is 1.56 bits per heavy atom. The molecule has 6 heteroatoms. The van der Waals surface area contributed by atoms with Crippen LogP contribution in [-0.4, -0.2) is 24.2 Å². The van der Waals surface area contributed by atoms with Crippen molar-refractivity contribution in [3.05, 3.63) is 46.3 Å². The van der Waals surface area contributed by atoms with Crippen molar-refractivity contribution in [2.45, 2.75) is 12.5 Å². The highest BCUT2D eigenvalue weighted by Gasteiger charge is 2.10. The molecule has 6 nitrogen and oxygen atoms in total. The molecule has 0 saturated heterocycles. The van der Waals surface area contributed by atoms with Gasteiger partial charge in [0.25, 0.3) is 0 Å². The van der Waals surface area contributed by atoms with Crippen molar-refractivity contribution >= 4 is 5.97 Å². The summed E-state index contributed by atoms with van der Waals surface area (Å²) in [6, 6.07) is 8.54. The molecule has 0 aliphatic carbocycles. The van der Waals surface area contributed by atoms with E-state index in [1.165, 1.54) is 7.05 Å². The lowest BCUT2D eigenvalue weighted by molar-refractivity contribution is -0.138. The number of nitrogens with zero attached hydrogens (tertiary/aromatic N) is 3. The van der Waals surface area contributed by atoms with Gasteiger partial charge in [-0.25, -0.2) is 0 Å². The molecule has 1 aromatic carbocycles. The molecule has 1 aromatic rings. The first-order valence-corrected chi connectivity index (χ1v) is 4.57. The van der Waals surface area contributed by atoms with E-state index >= 15 is 0 Å². The van der Waals surface area contributed by atoms with Crippen LogP contribution >= 0.6 is 0 Å². The number of rotatable bonds is 3. The van der Waals surface area contributed by atoms with Gasteiger partial charge >= 0.3 is 5.97 Å². The normalized spacial score (nSPS) is 10.4. The van der Waals surface area contributed by atoms with Crippen LogP contribution in [0.2, 0.25) is 0 Å². The molecule has 0 bridgehead atoms. The van der Waals surface area contributed by atoms with E-state index in [2.05, 4.69) is 10.0 Å². The van der Waals surface area contributed by atoms with Gasteiger partial charge in [-0.1, -0.05) is 35.4 Å². The minimum Gasteiger partial charge on any atom is -0.480 e. The molecule has 0 amide bonds. The van der Waals surface area contributed by atoms with Crippen molar-refractivity contribution in [3.63, 3.8) is 0 Å². The molecule has 0 fully saturated rings. The van der Waals surface area contributed by atoms with Crippen LogP contribution in [0.25, 0.3) is 10.4 Å². The number of hydrogen-bond donors (Lipinski definition) is 2. The van der Waals surface area contributed by atoms with E-state index in [0.29, 0.717) is 6.42 Å². The highest BCUT2D eigenvalue weighted by Crippen LogP contribution is 2.01. The largest absolute Gasteiger partial charge is 0.480 e. The van der Waals surface area contributed by atoms with Gasteiger partial charge in [0.1, 0.15) is 6.04 Å². The van der Waals surface area contributed by atoms with Gasteiger partial charge in [0.15, 0.2) is 0 Å². The molecule has 16 heavy (non-hydrogen) atoms. The first-order chi connectivity index (χ1) is 7.61. The van der Waals surface area contributed by atoms with Crippen molar-refractivity contribution in [3.8, 4) is 0 Å². The number of hydrogen-bond acceptors (Lipinski definition) is 3. The average Bonchev–Trinajstić information content (AvgIpc) is 2.30. The van der Waals surface area contributed by atoms with Crippen LogP contribution in [0, 0.1) is 0 Å². The number of carboxylic acid groups (broad SMARTS) is 1. The predicted molar refractivity (Wildman–Crippen MR) is 60.8 cm³/mol. The Labute approximate surface area is 93.3 Å². The van der Waals surface area contributed by atoms with E-state index in [1.807, 2.05) is 30.3 Å². The van der Waals surface area contributed by atoms with E-state index in [4.69, 9.17) is 16.4 Å². The lowest BCUT2D eigenvalue weighted by Gasteiger charge is -2.04. The standard InChI is InChI=1S/C9H11NO2.CH3N3/c10-8(9(11)12)6-7-4-2-1-3-5-7;1-3-4-2/h1-5,8H,6,10H2,(H,11,12);1H3/t8-;/m1./s1. The van der Waals surface area contributed by atoms with Gasteiger partial charge in [0.05, 0.1) is 0 Å². The van der Waals surface area contributed by atoms with Gasteiger partial charge in [-0.05, 0) is 17.5 Å². The molecule has 0 heterocycles. The van der Waals surface area contributed by atoms with Gasteiger partial charge in [0.2, 0.25) is 0 Å². The maximum Gasteiger partial charge on any atom is 0.320 e. The SMILES string of the molecule is CN=[N+]=[N-].N[C@H](Cc1ccccc1)C(=O)O. The van der Waals surface area contributed by atoms with E-state index in [1.54, 1.807) is 0 Å². The molecular formula is C10H14N4O2. The Bertz CT molecular complexity index is 360. The van der Waals surface area contributed by atoms with Crippen LogP contribution in [0.4, 0.5) is 0 Å². The zero-order valence-corrected chi connectivity index (χ0v) is 8.95. The number of nitrogens with two attached hydrogens (primary N) is 1. The molecule has 86 valence electrons. The number of carbonyl (C=O) groups is 1. The van der Waals surface area contributed by atoms with E-state index in [-0.39, 0.29) is 0 Å². The smallest absolute Gasteiger partial charge is 0.320 e. The summed E-state index contributed by atoms with van der Waals surface area (Å²) in [4.78, 5) is 12.7. The zero-order valence-electron chi connectivity index (χ0n) is 8.95. The van der Waals surface area contributed by atoms with Crippen LogP contribution in [0.1, 0.15) is 5.56 Å². The molecule has 3 N–H and O–H groups in total. The van der Waals surface area contributed by atoms with Gasteiger partial charge in [0, 0.05) is 12.0 Å². The summed E-state index contributed by atoms with van der Waals surface area (Å²) < 4.78 is 0. The van der Waals surface area contributed by atoms with E-state index < -0.39 is 12.0 Å². The molecule has 0 aliphatic heterocycles. The lowest BCUT2D eigenvalue weighted by Crippen LogP contribution is -2.32. The Morgan fingerprint density at radius 2 is 2.06 bits per heavy atom. The summed E-state index contributed by atoms with van der Waals surface area (Å²) >= 11 is 0. The second-order valence-electron chi connectivity index (χ2n) is 2.92. The van der Waals surface area contributed by atoms with Crippen molar-refractivity contribution in [2.24, 2.45) is 10.8 Å². The van der Waals surface area contributed by atoms with Crippen LogP contribution < -0.4 is 5.73 Å². The fourth-order valence-electron chi connectivity index (χ4n) is 0.955. The van der Waals surface area contributed by atoms with Gasteiger partial charge in [-0.3, -0.25) is 4.79 Å². The minimum atomic E-state index is -0.959. The maximum atomic E-state index is 10.4. The third-order valence-corrected chi connectivity index (χ3v) is 1.71. The molecule has 0 aliphatic rings. The molecule has 0 saturated carbocycles. The highest BCUT2D eigenvalue weighted by atomic mass is 16.4. The predicted octanol–water partition coefficient (Wildman–Crippen LogP) is 1.57. The van der Waals surface area contributed by atoms with Gasteiger partial charge in [-0.2, -0.15) is 0 Å². The summed E-state index contributed by atoms with van der Waals surface area (Å²) in [5, 5.41) is 11.4. The summed E-state index contributed by atoms with van der Waals surface area (Å²) in [6.07, 6.45) is 0.385. The van der Waals surface area contributed by atoms with Gasteiger partial charge in [-0.15, -0.1) is 0 Å². The minimum absolute atomic E-state index is 0.385. The third-order valence-electron chi connectivity index (χ3n) is 1.71. The van der Waals surface area contributed by atoms with Crippen LogP contribution in [0.3, 0.4) is 0 Å². The molecular weight excluding hydrogens is 208 g/mol. The summed E-state index contributed by atoms with van der Waals surface area (Å²) in [5.74, 6) is -0.959. The van der Waals surface area contributed by atoms with Crippen molar-refractivity contribution in [2.75, 3.05) is 7.05 Å². The fourth-order valence-corrected chi connectivity index (χ4v) is 0.955. The Kier molecular flexibility index (Phi) is 7.23. The number of benzene rings is 1. The number of carboxylic acids is 1. The first kappa shape index (κ1) is 14.0. The van der Waals surface area contributed by atoms with Crippen LogP contribution in [0.5, 0.6) is 0 Å². The number of azide groups is 1. The topological polar surface area (TPSA) is 112 Å². The molecule has 0 aromatic heterocycles. The van der Waals surface area contributed by atoms with E-state index in [0.717, 1.165) is 5.56 Å². The number of aliphatic carboxylic acids is 1. The Hall–Kier alpha value is -2.04. The molecule has 1 atom stereocenters. The van der Waals surface area contributed by atoms with E-state index in [9.17, 15) is 4.79 Å². The van der Waals surface area contributed by atoms with Crippen molar-refractivity contribution < 1.29 is 9.90 Å². The maximum absolute atomic E-state index is 10.4. The summed E-state index contributed by atoms with van der Waals surface area (Å²) in [6.45, 7) is 0. The summed E-state index contributed by atoms with van der Waals surface area (Å²) in [7, 11) is 1.39. The molecule has 0 radical (unpaired) electrons. The Balaban J connectivity index is 0.000000487. The monoisotopic (exact) mass is 222 g/mol. The highest BCUT2D eigenvalue weighted by molar-refractivity contribution is 5.73. The van der Waals surface area contributed by atoms with Crippen LogP contribution in [-0.2, 0) is 11.2 Å². The van der Waals surface area contributed by atoms with Crippen LogP contribution in [0.15, 0.2) is 35.4 Å². The van der Waals surface area contributed by atoms with Gasteiger partial charge < -0.3 is 10.8 Å². The Morgan fingerprint density at radius 3 is 2.44 bits per heavy atom. The average molecular weight is 222 g/mol. The molecule has 0 unspecified atom stereocenters. The second-order valence-corrected chi connectivity index (χ2v) is 2.92. The molecule has 1 rings (SSSR count). The zero-order chi connectivity index (χ0) is 12.4. The third kappa shape index (κ3) is 6.42. The second kappa shape index (κ2) is 8.28. The lowest BCUT2D eigenvalue weighted by atomic mass is 10.1. The van der Waals surface area contributed by atoms with Crippen molar-refractivity contribution in [1.82, 2.24) is 0 Å². The first-order valence-electron chi connectivity index (χ1n) is 4.57. The fraction of sp³-hybridized carbons (Fsp3) is 0.300. The summed E-state index contributed by atoms with van der Waals surface area (Å²) in [5.41, 5.74) is 13.6. The van der Waals surface area contributed by atoms with Crippen molar-refractivity contribution in [1.29, 1.82) is 0 Å². The molecule has 0 spiro atoms.